The molecular formula is C12H11Br2NO2. The molecule has 0 bridgehead atoms. The van der Waals surface area contributed by atoms with Crippen LogP contribution in [0.4, 0.5) is 5.88 Å². The third kappa shape index (κ3) is 2.35. The Hall–Kier alpha value is -0.940. The van der Waals surface area contributed by atoms with Crippen molar-refractivity contribution in [2.75, 3.05) is 19.0 Å². The largest absolute Gasteiger partial charge is 0.503 e. The van der Waals surface area contributed by atoms with Crippen molar-refractivity contribution in [2.45, 2.75) is 0 Å². The van der Waals surface area contributed by atoms with E-state index in [4.69, 9.17) is 4.42 Å². The second-order valence-corrected chi connectivity index (χ2v) is 5.45. The van der Waals surface area contributed by atoms with Crippen molar-refractivity contribution in [3.05, 3.63) is 33.4 Å². The summed E-state index contributed by atoms with van der Waals surface area (Å²) in [5, 5.41) is 10.0. The van der Waals surface area contributed by atoms with E-state index in [1.54, 1.807) is 0 Å². The average Bonchev–Trinajstić information content (AvgIpc) is 2.56. The topological polar surface area (TPSA) is 36.6 Å². The van der Waals surface area contributed by atoms with Crippen molar-refractivity contribution in [1.82, 2.24) is 0 Å². The minimum Gasteiger partial charge on any atom is -0.503 e. The van der Waals surface area contributed by atoms with Gasteiger partial charge in [-0.05, 0) is 33.6 Å². The van der Waals surface area contributed by atoms with Gasteiger partial charge in [-0.15, -0.1) is 0 Å². The molecule has 1 heterocycles. The van der Waals surface area contributed by atoms with E-state index in [1.807, 2.05) is 43.3 Å². The SMILES string of the molecule is CN(C)c1oc(Br)c(O)c1-c1cccc(Br)c1. The molecule has 17 heavy (non-hydrogen) atoms. The Kier molecular flexibility index (Phi) is 3.49. The Labute approximate surface area is 116 Å². The number of benzene rings is 1. The zero-order chi connectivity index (χ0) is 12.6. The van der Waals surface area contributed by atoms with Gasteiger partial charge in [-0.1, -0.05) is 28.1 Å². The van der Waals surface area contributed by atoms with Crippen molar-refractivity contribution < 1.29 is 9.52 Å². The lowest BCUT2D eigenvalue weighted by Gasteiger charge is -2.11. The third-order valence-electron chi connectivity index (χ3n) is 2.34. The lowest BCUT2D eigenvalue weighted by Crippen LogP contribution is -2.08. The van der Waals surface area contributed by atoms with Gasteiger partial charge in [-0.3, -0.25) is 0 Å². The van der Waals surface area contributed by atoms with Crippen LogP contribution in [-0.4, -0.2) is 19.2 Å². The smallest absolute Gasteiger partial charge is 0.214 e. The van der Waals surface area contributed by atoms with Crippen molar-refractivity contribution in [3.63, 3.8) is 0 Å². The molecule has 0 amide bonds. The Morgan fingerprint density at radius 3 is 2.53 bits per heavy atom. The Morgan fingerprint density at radius 2 is 1.94 bits per heavy atom. The van der Waals surface area contributed by atoms with Crippen LogP contribution in [-0.2, 0) is 0 Å². The molecule has 90 valence electrons. The molecule has 0 atom stereocenters. The first-order valence-electron chi connectivity index (χ1n) is 4.95. The molecule has 2 rings (SSSR count). The highest BCUT2D eigenvalue weighted by Gasteiger charge is 2.21. The van der Waals surface area contributed by atoms with Crippen molar-refractivity contribution >= 4 is 37.7 Å². The van der Waals surface area contributed by atoms with Gasteiger partial charge in [0.05, 0.1) is 5.56 Å². The molecule has 2 aromatic rings. The van der Waals surface area contributed by atoms with E-state index in [0.717, 1.165) is 10.0 Å². The molecule has 0 unspecified atom stereocenters. The summed E-state index contributed by atoms with van der Waals surface area (Å²) in [4.78, 5) is 1.82. The molecule has 1 N–H and O–H groups in total. The number of anilines is 1. The normalized spacial score (nSPS) is 10.6. The lowest BCUT2D eigenvalue weighted by molar-refractivity contribution is 0.447. The van der Waals surface area contributed by atoms with Gasteiger partial charge in [0.1, 0.15) is 0 Å². The Morgan fingerprint density at radius 1 is 1.24 bits per heavy atom. The fourth-order valence-electron chi connectivity index (χ4n) is 1.60. The van der Waals surface area contributed by atoms with E-state index < -0.39 is 0 Å². The highest BCUT2D eigenvalue weighted by molar-refractivity contribution is 9.10. The second kappa shape index (κ2) is 4.74. The van der Waals surface area contributed by atoms with Crippen LogP contribution in [0.15, 0.2) is 37.8 Å². The lowest BCUT2D eigenvalue weighted by atomic mass is 10.1. The molecule has 3 nitrogen and oxygen atoms in total. The quantitative estimate of drug-likeness (QED) is 0.869. The maximum absolute atomic E-state index is 10.0. The van der Waals surface area contributed by atoms with E-state index in [1.165, 1.54) is 0 Å². The molecule has 5 heteroatoms. The fourth-order valence-corrected chi connectivity index (χ4v) is 2.35. The molecular weight excluding hydrogens is 350 g/mol. The standard InChI is InChI=1S/C12H11Br2NO2/c1-15(2)12-9(10(16)11(14)17-12)7-4-3-5-8(13)6-7/h3-6,16H,1-2H3. The first-order valence-corrected chi connectivity index (χ1v) is 6.54. The number of aromatic hydroxyl groups is 1. The van der Waals surface area contributed by atoms with Crippen molar-refractivity contribution in [2.24, 2.45) is 0 Å². The zero-order valence-corrected chi connectivity index (χ0v) is 12.5. The van der Waals surface area contributed by atoms with Crippen LogP contribution >= 0.6 is 31.9 Å². The summed E-state index contributed by atoms with van der Waals surface area (Å²) in [5.74, 6) is 0.735. The Bertz CT molecular complexity index is 549. The van der Waals surface area contributed by atoms with E-state index >= 15 is 0 Å². The van der Waals surface area contributed by atoms with Crippen LogP contribution < -0.4 is 4.90 Å². The summed E-state index contributed by atoms with van der Waals surface area (Å²) in [5.41, 5.74) is 1.58. The molecule has 0 aliphatic carbocycles. The maximum atomic E-state index is 10.0. The number of hydrogen-bond donors (Lipinski definition) is 1. The summed E-state index contributed by atoms with van der Waals surface area (Å²) in [6.45, 7) is 0. The van der Waals surface area contributed by atoms with Gasteiger partial charge < -0.3 is 14.4 Å². The van der Waals surface area contributed by atoms with Crippen LogP contribution in [0, 0.1) is 0 Å². The molecule has 1 aromatic carbocycles. The Balaban J connectivity index is 2.65. The number of nitrogens with zero attached hydrogens (tertiary/aromatic N) is 1. The van der Waals surface area contributed by atoms with Gasteiger partial charge in [-0.2, -0.15) is 0 Å². The van der Waals surface area contributed by atoms with E-state index in [-0.39, 0.29) is 5.75 Å². The average molecular weight is 361 g/mol. The summed E-state index contributed by atoms with van der Waals surface area (Å²) in [6.07, 6.45) is 0. The molecule has 0 aliphatic heterocycles. The molecule has 0 aliphatic rings. The summed E-state index contributed by atoms with van der Waals surface area (Å²) in [7, 11) is 3.73. The predicted molar refractivity (Wildman–Crippen MR) is 75.5 cm³/mol. The first-order chi connectivity index (χ1) is 8.00. The summed E-state index contributed by atoms with van der Waals surface area (Å²) >= 11 is 6.61. The number of rotatable bonds is 2. The van der Waals surface area contributed by atoms with Gasteiger partial charge >= 0.3 is 0 Å². The van der Waals surface area contributed by atoms with E-state index in [2.05, 4.69) is 31.9 Å². The predicted octanol–water partition coefficient (Wildman–Crippen LogP) is 4.24. The van der Waals surface area contributed by atoms with E-state index in [9.17, 15) is 5.11 Å². The second-order valence-electron chi connectivity index (χ2n) is 3.81. The minimum absolute atomic E-state index is 0.117. The molecule has 1 aromatic heterocycles. The first kappa shape index (κ1) is 12.5. The fraction of sp³-hybridized carbons (Fsp3) is 0.167. The van der Waals surface area contributed by atoms with E-state index in [0.29, 0.717) is 16.1 Å². The summed E-state index contributed by atoms with van der Waals surface area (Å²) < 4.78 is 6.78. The van der Waals surface area contributed by atoms with Crippen LogP contribution in [0.25, 0.3) is 11.1 Å². The highest BCUT2D eigenvalue weighted by atomic mass is 79.9. The van der Waals surface area contributed by atoms with Crippen LogP contribution in [0.2, 0.25) is 0 Å². The molecule has 0 spiro atoms. The van der Waals surface area contributed by atoms with Gasteiger partial charge in [-0.25, -0.2) is 0 Å². The maximum Gasteiger partial charge on any atom is 0.214 e. The third-order valence-corrected chi connectivity index (χ3v) is 3.37. The highest BCUT2D eigenvalue weighted by Crippen LogP contribution is 2.45. The summed E-state index contributed by atoms with van der Waals surface area (Å²) in [6, 6.07) is 7.71. The van der Waals surface area contributed by atoms with Gasteiger partial charge in [0.2, 0.25) is 10.6 Å². The van der Waals surface area contributed by atoms with Crippen LogP contribution in [0.5, 0.6) is 5.75 Å². The number of furan rings is 1. The zero-order valence-electron chi connectivity index (χ0n) is 9.37. The van der Waals surface area contributed by atoms with Gasteiger partial charge in [0.15, 0.2) is 5.75 Å². The van der Waals surface area contributed by atoms with Gasteiger partial charge in [0.25, 0.3) is 0 Å². The molecule has 0 fully saturated rings. The van der Waals surface area contributed by atoms with Crippen molar-refractivity contribution in [1.29, 1.82) is 0 Å². The van der Waals surface area contributed by atoms with Crippen LogP contribution in [0.3, 0.4) is 0 Å². The number of halogens is 2. The monoisotopic (exact) mass is 359 g/mol. The minimum atomic E-state index is 0.117. The number of hydrogen-bond acceptors (Lipinski definition) is 3. The van der Waals surface area contributed by atoms with Crippen molar-refractivity contribution in [3.8, 4) is 16.9 Å². The van der Waals surface area contributed by atoms with Gasteiger partial charge in [0, 0.05) is 18.6 Å². The molecule has 0 saturated heterocycles. The molecule has 0 radical (unpaired) electrons. The molecule has 0 saturated carbocycles. The van der Waals surface area contributed by atoms with Crippen LogP contribution in [0.1, 0.15) is 0 Å².